The Labute approximate surface area is 144 Å². The molecule has 3 rings (SSSR count). The molecule has 0 radical (unpaired) electrons. The van der Waals surface area contributed by atoms with Gasteiger partial charge < -0.3 is 25.6 Å². The molecule has 1 heterocycles. The number of hydrogen-bond acceptors (Lipinski definition) is 5. The van der Waals surface area contributed by atoms with Crippen LogP contribution in [0.1, 0.15) is 19.3 Å². The molecule has 132 valence electrons. The lowest BCUT2D eigenvalue weighted by Gasteiger charge is -2.41. The van der Waals surface area contributed by atoms with E-state index in [0.29, 0.717) is 6.04 Å². The third-order valence-corrected chi connectivity index (χ3v) is 5.63. The minimum Gasteiger partial charge on any atom is -0.495 e. The van der Waals surface area contributed by atoms with Crippen LogP contribution in [0, 0.1) is 5.92 Å². The Hall–Kier alpha value is -1.95. The first-order valence-electron chi connectivity index (χ1n) is 8.54. The van der Waals surface area contributed by atoms with Crippen molar-refractivity contribution in [3.8, 4) is 0 Å². The van der Waals surface area contributed by atoms with Gasteiger partial charge >= 0.3 is 0 Å². The number of methoxy groups -OCH3 is 1. The predicted molar refractivity (Wildman–Crippen MR) is 93.8 cm³/mol. The molecular formula is C18H28N4O2. The van der Waals surface area contributed by atoms with Crippen molar-refractivity contribution in [2.75, 3.05) is 34.3 Å². The van der Waals surface area contributed by atoms with Gasteiger partial charge in [-0.15, -0.1) is 0 Å². The summed E-state index contributed by atoms with van der Waals surface area (Å²) in [5.41, 5.74) is 7.71. The highest BCUT2D eigenvalue weighted by Gasteiger charge is 2.62. The topological polar surface area (TPSA) is 70.8 Å². The average Bonchev–Trinajstić information content (AvgIpc) is 3.31. The lowest BCUT2D eigenvalue weighted by Crippen LogP contribution is -2.50. The van der Waals surface area contributed by atoms with Crippen LogP contribution in [-0.2, 0) is 9.53 Å². The predicted octanol–water partition coefficient (Wildman–Crippen LogP) is 0.788. The molecule has 2 fully saturated rings. The normalized spacial score (nSPS) is 29.9. The molecule has 2 atom stereocenters. The van der Waals surface area contributed by atoms with Gasteiger partial charge in [-0.05, 0) is 39.4 Å². The summed E-state index contributed by atoms with van der Waals surface area (Å²) in [6.45, 7) is 5.53. The second kappa shape index (κ2) is 6.16. The Balaban J connectivity index is 1.85. The van der Waals surface area contributed by atoms with Crippen LogP contribution in [0.4, 0.5) is 0 Å². The van der Waals surface area contributed by atoms with E-state index in [1.54, 1.807) is 7.11 Å². The molecule has 1 saturated carbocycles. The molecule has 2 aliphatic carbocycles. The third kappa shape index (κ3) is 2.69. The second-order valence-corrected chi connectivity index (χ2v) is 7.16. The summed E-state index contributed by atoms with van der Waals surface area (Å²) in [7, 11) is 5.91. The van der Waals surface area contributed by atoms with Gasteiger partial charge in [-0.1, -0.05) is 6.58 Å². The van der Waals surface area contributed by atoms with E-state index < -0.39 is 0 Å². The summed E-state index contributed by atoms with van der Waals surface area (Å²) in [6, 6.07) is 0.613. The number of piperidine rings is 1. The maximum atomic E-state index is 12.0. The van der Waals surface area contributed by atoms with Crippen molar-refractivity contribution in [2.45, 2.75) is 30.8 Å². The zero-order chi connectivity index (χ0) is 17.5. The number of carbonyl (C=O) groups excluding carboxylic acids is 1. The van der Waals surface area contributed by atoms with Gasteiger partial charge in [0, 0.05) is 36.8 Å². The van der Waals surface area contributed by atoms with Gasteiger partial charge in [-0.2, -0.15) is 0 Å². The van der Waals surface area contributed by atoms with Crippen LogP contribution in [0.2, 0.25) is 0 Å². The van der Waals surface area contributed by atoms with E-state index >= 15 is 0 Å². The quantitative estimate of drug-likeness (QED) is 0.729. The van der Waals surface area contributed by atoms with Crippen molar-refractivity contribution >= 4 is 5.91 Å². The monoisotopic (exact) mass is 332 g/mol. The summed E-state index contributed by atoms with van der Waals surface area (Å²) >= 11 is 0. The van der Waals surface area contributed by atoms with E-state index in [9.17, 15) is 4.79 Å². The number of allylic oxidation sites excluding steroid dienone is 1. The summed E-state index contributed by atoms with van der Waals surface area (Å²) in [4.78, 5) is 16.6. The van der Waals surface area contributed by atoms with Crippen molar-refractivity contribution in [2.24, 2.45) is 11.7 Å². The Bertz CT molecular complexity index is 602. The Morgan fingerprint density at radius 2 is 2.17 bits per heavy atom. The van der Waals surface area contributed by atoms with Crippen LogP contribution in [0.3, 0.4) is 0 Å². The fourth-order valence-electron chi connectivity index (χ4n) is 4.08. The van der Waals surface area contributed by atoms with Crippen molar-refractivity contribution in [3.63, 3.8) is 0 Å². The summed E-state index contributed by atoms with van der Waals surface area (Å²) in [6.07, 6.45) is 6.39. The highest BCUT2D eigenvalue weighted by Crippen LogP contribution is 2.56. The van der Waals surface area contributed by atoms with Crippen LogP contribution >= 0.6 is 0 Å². The van der Waals surface area contributed by atoms with Gasteiger partial charge in [0.2, 0.25) is 5.91 Å². The Morgan fingerprint density at radius 1 is 1.50 bits per heavy atom. The average molecular weight is 332 g/mol. The lowest BCUT2D eigenvalue weighted by molar-refractivity contribution is -0.117. The van der Waals surface area contributed by atoms with Crippen molar-refractivity contribution < 1.29 is 9.53 Å². The minimum absolute atomic E-state index is 0.114. The number of fused-ring (bicyclic) bond motifs is 1. The van der Waals surface area contributed by atoms with Gasteiger partial charge in [0.1, 0.15) is 5.76 Å². The fraction of sp³-hybridized carbons (Fsp3) is 0.611. The summed E-state index contributed by atoms with van der Waals surface area (Å²) < 4.78 is 5.47. The lowest BCUT2D eigenvalue weighted by atomic mass is 9.96. The summed E-state index contributed by atoms with van der Waals surface area (Å²) in [5, 5.41) is 3.13. The highest BCUT2D eigenvalue weighted by atomic mass is 16.5. The molecule has 1 aliphatic heterocycles. The molecule has 0 aromatic rings. The van der Waals surface area contributed by atoms with Gasteiger partial charge in [-0.3, -0.25) is 4.79 Å². The molecule has 6 nitrogen and oxygen atoms in total. The molecule has 0 spiro atoms. The van der Waals surface area contributed by atoms with E-state index in [2.05, 4.69) is 35.8 Å². The molecule has 6 heteroatoms. The van der Waals surface area contributed by atoms with Gasteiger partial charge in [0.25, 0.3) is 0 Å². The van der Waals surface area contributed by atoms with Crippen LogP contribution in [-0.4, -0.2) is 61.6 Å². The van der Waals surface area contributed by atoms with Crippen LogP contribution < -0.4 is 11.1 Å². The van der Waals surface area contributed by atoms with Gasteiger partial charge in [0.05, 0.1) is 18.3 Å². The SMILES string of the molecule is C=CC(=O)NC12CC1C(N)=C(OC)C=C2N1CCC(N(C)C)CC1. The Kier molecular flexibility index (Phi) is 4.34. The number of nitrogens with two attached hydrogens (primary N) is 1. The molecule has 0 aromatic carbocycles. The number of likely N-dealkylation sites (tertiary alicyclic amines) is 1. The fourth-order valence-corrected chi connectivity index (χ4v) is 4.08. The maximum absolute atomic E-state index is 12.0. The minimum atomic E-state index is -0.387. The van der Waals surface area contributed by atoms with Crippen LogP contribution in [0.15, 0.2) is 35.9 Å². The largest absolute Gasteiger partial charge is 0.495 e. The maximum Gasteiger partial charge on any atom is 0.244 e. The van der Waals surface area contributed by atoms with E-state index in [4.69, 9.17) is 10.5 Å². The van der Waals surface area contributed by atoms with E-state index in [1.807, 2.05) is 6.08 Å². The molecule has 1 amide bonds. The number of nitrogens with zero attached hydrogens (tertiary/aromatic N) is 2. The van der Waals surface area contributed by atoms with E-state index in [-0.39, 0.29) is 17.4 Å². The molecule has 0 bridgehead atoms. The smallest absolute Gasteiger partial charge is 0.244 e. The molecule has 24 heavy (non-hydrogen) atoms. The number of rotatable bonds is 5. The molecule has 0 aromatic heterocycles. The number of hydrogen-bond donors (Lipinski definition) is 2. The van der Waals surface area contributed by atoms with E-state index in [0.717, 1.165) is 49.5 Å². The standard InChI is InChI=1S/C18H28N4O2/c1-5-16(23)20-18-11-13(18)17(19)14(24-4)10-15(18)22-8-6-12(7-9-22)21(2)3/h5,10,12-13H,1,6-9,11,19H2,2-4H3,(H,20,23). The van der Waals surface area contributed by atoms with E-state index in [1.165, 1.54) is 6.08 Å². The number of nitrogens with one attached hydrogen (secondary N) is 1. The first-order chi connectivity index (χ1) is 11.4. The molecule has 3 aliphatic rings. The zero-order valence-corrected chi connectivity index (χ0v) is 14.8. The summed E-state index contributed by atoms with van der Waals surface area (Å²) in [5.74, 6) is 0.689. The first-order valence-corrected chi connectivity index (χ1v) is 8.54. The van der Waals surface area contributed by atoms with Crippen LogP contribution in [0.25, 0.3) is 0 Å². The van der Waals surface area contributed by atoms with Crippen molar-refractivity contribution in [3.05, 3.63) is 35.9 Å². The molecule has 3 N–H and O–H groups in total. The number of carbonyl (C=O) groups is 1. The van der Waals surface area contributed by atoms with Crippen molar-refractivity contribution in [1.29, 1.82) is 0 Å². The second-order valence-electron chi connectivity index (χ2n) is 7.16. The number of ether oxygens (including phenoxy) is 1. The van der Waals surface area contributed by atoms with Gasteiger partial charge in [0.15, 0.2) is 0 Å². The Morgan fingerprint density at radius 3 is 2.71 bits per heavy atom. The molecule has 1 saturated heterocycles. The molecule has 2 unspecified atom stereocenters. The molecular weight excluding hydrogens is 304 g/mol. The van der Waals surface area contributed by atoms with Gasteiger partial charge in [-0.25, -0.2) is 0 Å². The zero-order valence-electron chi connectivity index (χ0n) is 14.8. The van der Waals surface area contributed by atoms with Crippen molar-refractivity contribution in [1.82, 2.24) is 15.1 Å². The van der Waals surface area contributed by atoms with Crippen LogP contribution in [0.5, 0.6) is 0 Å². The first kappa shape index (κ1) is 16.9. The highest BCUT2D eigenvalue weighted by molar-refractivity contribution is 5.88. The third-order valence-electron chi connectivity index (χ3n) is 5.63. The number of amides is 1.